The molecule has 0 aliphatic carbocycles. The minimum Gasteiger partial charge on any atom is -0.450 e. The number of carboxylic acid groups (broad SMARTS) is 2. The first kappa shape index (κ1) is 11.9. The van der Waals surface area contributed by atoms with E-state index < -0.39 is 6.16 Å². The van der Waals surface area contributed by atoms with Gasteiger partial charge in [-0.1, -0.05) is 18.2 Å². The third-order valence-electron chi connectivity index (χ3n) is 1.17. The van der Waals surface area contributed by atoms with Gasteiger partial charge in [0.1, 0.15) is 0 Å². The molecule has 0 saturated carbocycles. The van der Waals surface area contributed by atoms with E-state index in [9.17, 15) is 4.79 Å². The fraction of sp³-hybridized carbons (Fsp3) is 0. The minimum absolute atomic E-state index is 0.263. The number of carbonyl (C=O) groups excluding carboxylic acids is 1. The van der Waals surface area contributed by atoms with Crippen LogP contribution in [0.25, 0.3) is 0 Å². The van der Waals surface area contributed by atoms with Gasteiger partial charge in [0, 0.05) is 5.56 Å². The Bertz CT molecular complexity index is 295. The summed E-state index contributed by atoms with van der Waals surface area (Å²) >= 11 is 0. The van der Waals surface area contributed by atoms with Crippen LogP contribution in [0.5, 0.6) is 0 Å². The molecule has 6 nitrogen and oxygen atoms in total. The molecule has 0 aliphatic heterocycles. The second-order valence-electron chi connectivity index (χ2n) is 2.12. The number of amides is 1. The smallest absolute Gasteiger partial charge is 0.450 e. The van der Waals surface area contributed by atoms with Crippen molar-refractivity contribution >= 4 is 12.1 Å². The molecular formula is C8H10N2O4. The molecule has 76 valence electrons. The van der Waals surface area contributed by atoms with Gasteiger partial charge in [0.25, 0.3) is 5.91 Å². The van der Waals surface area contributed by atoms with Crippen molar-refractivity contribution in [3.8, 4) is 0 Å². The topological polar surface area (TPSA) is 113 Å². The number of hydrogen-bond acceptors (Lipinski definition) is 3. The molecule has 1 aromatic rings. The van der Waals surface area contributed by atoms with Crippen molar-refractivity contribution in [2.24, 2.45) is 5.84 Å². The molecule has 0 bridgehead atoms. The van der Waals surface area contributed by atoms with E-state index in [1.165, 1.54) is 0 Å². The second kappa shape index (κ2) is 6.44. The number of benzene rings is 1. The highest BCUT2D eigenvalue weighted by atomic mass is 16.6. The summed E-state index contributed by atoms with van der Waals surface area (Å²) in [4.78, 5) is 19.3. The van der Waals surface area contributed by atoms with Crippen LogP contribution in [0.1, 0.15) is 10.4 Å². The van der Waals surface area contributed by atoms with Crippen molar-refractivity contribution in [2.75, 3.05) is 0 Å². The molecule has 14 heavy (non-hydrogen) atoms. The van der Waals surface area contributed by atoms with Crippen LogP contribution >= 0.6 is 0 Å². The van der Waals surface area contributed by atoms with Gasteiger partial charge in [-0.15, -0.1) is 0 Å². The average molecular weight is 198 g/mol. The summed E-state index contributed by atoms with van der Waals surface area (Å²) in [6.45, 7) is 0. The molecule has 1 amide bonds. The Balaban J connectivity index is 0.000000364. The van der Waals surface area contributed by atoms with Gasteiger partial charge in [-0.05, 0) is 12.1 Å². The van der Waals surface area contributed by atoms with Crippen LogP contribution in [0.4, 0.5) is 4.79 Å². The van der Waals surface area contributed by atoms with Gasteiger partial charge >= 0.3 is 6.16 Å². The SMILES string of the molecule is NNC(=O)c1ccccc1.O=C(O)O. The third kappa shape index (κ3) is 5.56. The highest BCUT2D eigenvalue weighted by molar-refractivity contribution is 5.93. The number of hydrazine groups is 1. The maximum atomic E-state index is 10.8. The van der Waals surface area contributed by atoms with Crippen molar-refractivity contribution in [1.29, 1.82) is 0 Å². The van der Waals surface area contributed by atoms with Gasteiger partial charge in [0.05, 0.1) is 0 Å². The first-order valence-electron chi connectivity index (χ1n) is 3.55. The van der Waals surface area contributed by atoms with Crippen molar-refractivity contribution < 1.29 is 19.8 Å². The van der Waals surface area contributed by atoms with Gasteiger partial charge in [-0.25, -0.2) is 10.6 Å². The van der Waals surface area contributed by atoms with Gasteiger partial charge in [-0.2, -0.15) is 0 Å². The van der Waals surface area contributed by atoms with Crippen LogP contribution in [0.15, 0.2) is 30.3 Å². The Hall–Kier alpha value is -2.08. The van der Waals surface area contributed by atoms with E-state index in [0.29, 0.717) is 5.56 Å². The van der Waals surface area contributed by atoms with Crippen LogP contribution < -0.4 is 11.3 Å². The van der Waals surface area contributed by atoms with Crippen LogP contribution in [0.3, 0.4) is 0 Å². The molecule has 1 aromatic carbocycles. The molecule has 6 heteroatoms. The summed E-state index contributed by atoms with van der Waals surface area (Å²) in [6, 6.07) is 8.80. The van der Waals surface area contributed by atoms with Crippen LogP contribution in [0, 0.1) is 0 Å². The fourth-order valence-electron chi connectivity index (χ4n) is 0.673. The van der Waals surface area contributed by atoms with Gasteiger partial charge in [-0.3, -0.25) is 10.2 Å². The zero-order valence-corrected chi connectivity index (χ0v) is 7.18. The maximum Gasteiger partial charge on any atom is 0.503 e. The zero-order chi connectivity index (χ0) is 11.0. The highest BCUT2D eigenvalue weighted by Gasteiger charge is 1.98. The van der Waals surface area contributed by atoms with Gasteiger partial charge < -0.3 is 10.2 Å². The van der Waals surface area contributed by atoms with E-state index in [1.807, 2.05) is 11.5 Å². The summed E-state index contributed by atoms with van der Waals surface area (Å²) < 4.78 is 0. The van der Waals surface area contributed by atoms with E-state index in [4.69, 9.17) is 20.9 Å². The first-order valence-corrected chi connectivity index (χ1v) is 3.55. The lowest BCUT2D eigenvalue weighted by Gasteiger charge is -1.95. The number of nitrogen functional groups attached to an aromatic ring is 1. The molecule has 0 aliphatic rings. The first-order chi connectivity index (χ1) is 6.57. The molecule has 0 fully saturated rings. The Morgan fingerprint density at radius 2 is 1.57 bits per heavy atom. The predicted molar refractivity (Wildman–Crippen MR) is 48.7 cm³/mol. The van der Waals surface area contributed by atoms with Crippen LogP contribution in [-0.2, 0) is 0 Å². The summed E-state index contributed by atoms with van der Waals surface area (Å²) in [5, 5.41) is 13.9. The molecular weight excluding hydrogens is 188 g/mol. The Morgan fingerprint density at radius 1 is 1.14 bits per heavy atom. The number of hydrogen-bond donors (Lipinski definition) is 4. The molecule has 0 unspecified atom stereocenters. The van der Waals surface area contributed by atoms with E-state index >= 15 is 0 Å². The lowest BCUT2D eigenvalue weighted by molar-refractivity contribution is 0.0953. The second-order valence-corrected chi connectivity index (χ2v) is 2.12. The van der Waals surface area contributed by atoms with Crippen molar-refractivity contribution in [3.05, 3.63) is 35.9 Å². The quantitative estimate of drug-likeness (QED) is 0.298. The Kier molecular flexibility index (Phi) is 5.48. The lowest BCUT2D eigenvalue weighted by atomic mass is 10.2. The van der Waals surface area contributed by atoms with Crippen LogP contribution in [0.2, 0.25) is 0 Å². The molecule has 5 N–H and O–H groups in total. The van der Waals surface area contributed by atoms with Crippen molar-refractivity contribution in [3.63, 3.8) is 0 Å². The molecule has 0 saturated heterocycles. The Morgan fingerprint density at radius 3 is 1.93 bits per heavy atom. The summed E-state index contributed by atoms with van der Waals surface area (Å²) in [7, 11) is 0. The zero-order valence-electron chi connectivity index (χ0n) is 7.18. The van der Waals surface area contributed by atoms with Crippen molar-refractivity contribution in [1.82, 2.24) is 5.43 Å². The molecule has 0 atom stereocenters. The van der Waals surface area contributed by atoms with Crippen molar-refractivity contribution in [2.45, 2.75) is 0 Å². The number of rotatable bonds is 1. The number of carbonyl (C=O) groups is 2. The van der Waals surface area contributed by atoms with Gasteiger partial charge in [0.2, 0.25) is 0 Å². The summed E-state index contributed by atoms with van der Waals surface area (Å²) in [6.07, 6.45) is -1.83. The Labute approximate surface area is 79.9 Å². The third-order valence-corrected chi connectivity index (χ3v) is 1.17. The fourth-order valence-corrected chi connectivity index (χ4v) is 0.673. The largest absolute Gasteiger partial charge is 0.503 e. The summed E-state index contributed by atoms with van der Waals surface area (Å²) in [5.74, 6) is 4.64. The number of nitrogens with two attached hydrogens (primary N) is 1. The van der Waals surface area contributed by atoms with E-state index in [2.05, 4.69) is 0 Å². The predicted octanol–water partition coefficient (Wildman–Crippen LogP) is 0.512. The molecule has 0 radical (unpaired) electrons. The summed E-state index contributed by atoms with van der Waals surface area (Å²) in [5.41, 5.74) is 2.62. The average Bonchev–Trinajstić information content (AvgIpc) is 2.17. The van der Waals surface area contributed by atoms with E-state index in [1.54, 1.807) is 24.3 Å². The minimum atomic E-state index is -1.83. The maximum absolute atomic E-state index is 10.8. The normalized spacial score (nSPS) is 8.07. The monoisotopic (exact) mass is 198 g/mol. The van der Waals surface area contributed by atoms with E-state index in [-0.39, 0.29) is 5.91 Å². The van der Waals surface area contributed by atoms with Crippen LogP contribution in [-0.4, -0.2) is 22.3 Å². The van der Waals surface area contributed by atoms with E-state index in [0.717, 1.165) is 0 Å². The number of nitrogens with one attached hydrogen (secondary N) is 1. The lowest BCUT2D eigenvalue weighted by Crippen LogP contribution is -2.29. The standard InChI is InChI=1S/C7H8N2O.CH2O3/c8-9-7(10)6-4-2-1-3-5-6;2-1(3)4/h1-5H,8H2,(H,9,10);(H2,2,3,4). The molecule has 0 heterocycles. The highest BCUT2D eigenvalue weighted by Crippen LogP contribution is 1.95. The van der Waals surface area contributed by atoms with Gasteiger partial charge in [0.15, 0.2) is 0 Å². The molecule has 0 spiro atoms. The molecule has 1 rings (SSSR count). The molecule has 0 aromatic heterocycles.